The molecule has 0 aliphatic rings. The zero-order valence-electron chi connectivity index (χ0n) is 11.3. The number of esters is 1. The summed E-state index contributed by atoms with van der Waals surface area (Å²) in [5.74, 6) is -0.899. The molecule has 2 rings (SSSR count). The van der Waals surface area contributed by atoms with Crippen molar-refractivity contribution in [3.8, 4) is 5.69 Å². The third kappa shape index (κ3) is 2.85. The number of methoxy groups -OCH3 is 1. The zero-order valence-corrected chi connectivity index (χ0v) is 12.1. The van der Waals surface area contributed by atoms with Crippen LogP contribution < -0.4 is 10.5 Å². The second-order valence-corrected chi connectivity index (χ2v) is 5.79. The number of hydrogen-bond donors (Lipinski definition) is 2. The van der Waals surface area contributed by atoms with E-state index < -0.39 is 16.0 Å². The van der Waals surface area contributed by atoms with Crippen molar-refractivity contribution in [1.82, 2.24) is 19.5 Å². The average Bonchev–Trinajstić information content (AvgIpc) is 2.96. The average molecular weight is 311 g/mol. The molecule has 1 aromatic carbocycles. The van der Waals surface area contributed by atoms with Crippen LogP contribution >= 0.6 is 0 Å². The van der Waals surface area contributed by atoms with E-state index in [9.17, 15) is 13.2 Å². The maximum Gasteiger partial charge on any atom is 0.377 e. The Labute approximate surface area is 120 Å². The molecular weight excluding hydrogens is 298 g/mol. The molecule has 2 aromatic rings. The number of aromatic nitrogens is 3. The Morgan fingerprint density at radius 1 is 1.43 bits per heavy atom. The van der Waals surface area contributed by atoms with E-state index in [1.807, 2.05) is 0 Å². The standard InChI is InChI=1S/C11H13N5O4S/c1-13-21(18,19)9-5-7(12)3-4-8(9)16-6-14-10(15-16)11(17)20-2/h3-6,13H,12H2,1-2H3. The molecule has 0 fully saturated rings. The Balaban J connectivity index is 2.59. The van der Waals surface area contributed by atoms with Crippen molar-refractivity contribution < 1.29 is 17.9 Å². The van der Waals surface area contributed by atoms with Gasteiger partial charge in [-0.15, -0.1) is 5.10 Å². The molecule has 21 heavy (non-hydrogen) atoms. The van der Waals surface area contributed by atoms with Gasteiger partial charge in [0, 0.05) is 5.69 Å². The van der Waals surface area contributed by atoms with Crippen molar-refractivity contribution in [2.45, 2.75) is 4.90 Å². The summed E-state index contributed by atoms with van der Waals surface area (Å²) >= 11 is 0. The summed E-state index contributed by atoms with van der Waals surface area (Å²) in [5, 5.41) is 3.89. The van der Waals surface area contributed by atoms with Gasteiger partial charge in [0.15, 0.2) is 0 Å². The van der Waals surface area contributed by atoms with Crippen molar-refractivity contribution in [2.24, 2.45) is 0 Å². The molecule has 10 heteroatoms. The van der Waals surface area contributed by atoms with Crippen LogP contribution in [0.3, 0.4) is 0 Å². The van der Waals surface area contributed by atoms with Crippen LogP contribution in [0.5, 0.6) is 0 Å². The highest BCUT2D eigenvalue weighted by Gasteiger charge is 2.20. The minimum Gasteiger partial charge on any atom is -0.463 e. The van der Waals surface area contributed by atoms with Gasteiger partial charge < -0.3 is 10.5 Å². The molecule has 0 atom stereocenters. The second-order valence-electron chi connectivity index (χ2n) is 3.94. The topological polar surface area (TPSA) is 129 Å². The quantitative estimate of drug-likeness (QED) is 0.577. The number of nitrogens with one attached hydrogen (secondary N) is 1. The van der Waals surface area contributed by atoms with Crippen LogP contribution in [0.1, 0.15) is 10.6 Å². The number of ether oxygens (including phenoxy) is 1. The number of nitrogens with two attached hydrogens (primary N) is 1. The van der Waals surface area contributed by atoms with E-state index in [-0.39, 0.29) is 22.1 Å². The Morgan fingerprint density at radius 2 is 2.14 bits per heavy atom. The van der Waals surface area contributed by atoms with Gasteiger partial charge in [-0.1, -0.05) is 0 Å². The Hall–Kier alpha value is -2.46. The second kappa shape index (κ2) is 5.50. The predicted molar refractivity (Wildman–Crippen MR) is 73.4 cm³/mol. The van der Waals surface area contributed by atoms with Crippen LogP contribution in [0.4, 0.5) is 5.69 Å². The van der Waals surface area contributed by atoms with Crippen LogP contribution in [-0.4, -0.2) is 43.3 Å². The molecule has 1 aromatic heterocycles. The van der Waals surface area contributed by atoms with E-state index in [4.69, 9.17) is 5.73 Å². The molecule has 0 aliphatic carbocycles. The highest BCUT2D eigenvalue weighted by atomic mass is 32.2. The molecule has 0 radical (unpaired) electrons. The fourth-order valence-electron chi connectivity index (χ4n) is 1.61. The van der Waals surface area contributed by atoms with Gasteiger partial charge in [-0.05, 0) is 25.2 Å². The number of sulfonamides is 1. The van der Waals surface area contributed by atoms with Crippen molar-refractivity contribution >= 4 is 21.7 Å². The van der Waals surface area contributed by atoms with Crippen LogP contribution in [0.15, 0.2) is 29.4 Å². The van der Waals surface area contributed by atoms with Gasteiger partial charge in [-0.25, -0.2) is 27.6 Å². The molecule has 3 N–H and O–H groups in total. The first-order valence-corrected chi connectivity index (χ1v) is 7.21. The number of rotatable bonds is 4. The van der Waals surface area contributed by atoms with Crippen molar-refractivity contribution in [3.05, 3.63) is 30.4 Å². The number of anilines is 1. The van der Waals surface area contributed by atoms with Crippen molar-refractivity contribution in [2.75, 3.05) is 19.9 Å². The summed E-state index contributed by atoms with van der Waals surface area (Å²) in [4.78, 5) is 15.0. The number of nitrogen functional groups attached to an aromatic ring is 1. The minimum absolute atomic E-state index is 0.0775. The lowest BCUT2D eigenvalue weighted by Gasteiger charge is -2.10. The van der Waals surface area contributed by atoms with Crippen LogP contribution in [-0.2, 0) is 14.8 Å². The largest absolute Gasteiger partial charge is 0.463 e. The van der Waals surface area contributed by atoms with E-state index in [1.54, 1.807) is 0 Å². The van der Waals surface area contributed by atoms with Gasteiger partial charge in [0.25, 0.3) is 5.82 Å². The van der Waals surface area contributed by atoms with E-state index in [0.717, 1.165) is 4.68 Å². The molecule has 0 bridgehead atoms. The highest BCUT2D eigenvalue weighted by molar-refractivity contribution is 7.89. The van der Waals surface area contributed by atoms with Gasteiger partial charge in [0.05, 0.1) is 12.8 Å². The number of benzene rings is 1. The maximum atomic E-state index is 12.0. The van der Waals surface area contributed by atoms with E-state index >= 15 is 0 Å². The lowest BCUT2D eigenvalue weighted by molar-refractivity contribution is 0.0587. The van der Waals surface area contributed by atoms with E-state index in [1.165, 1.54) is 38.7 Å². The highest BCUT2D eigenvalue weighted by Crippen LogP contribution is 2.22. The Kier molecular flexibility index (Phi) is 3.91. The fourth-order valence-corrected chi connectivity index (χ4v) is 2.56. The minimum atomic E-state index is -3.75. The summed E-state index contributed by atoms with van der Waals surface area (Å²) in [6.07, 6.45) is 1.21. The number of nitrogens with zero attached hydrogens (tertiary/aromatic N) is 3. The first-order valence-electron chi connectivity index (χ1n) is 5.72. The summed E-state index contributed by atoms with van der Waals surface area (Å²) in [6, 6.07) is 4.28. The lowest BCUT2D eigenvalue weighted by atomic mass is 10.3. The Bertz CT molecular complexity index is 784. The number of hydrogen-bond acceptors (Lipinski definition) is 7. The van der Waals surface area contributed by atoms with E-state index in [2.05, 4.69) is 19.5 Å². The molecule has 0 saturated carbocycles. The van der Waals surface area contributed by atoms with Crippen LogP contribution in [0.25, 0.3) is 5.69 Å². The molecule has 0 unspecified atom stereocenters. The summed E-state index contributed by atoms with van der Waals surface area (Å²) < 4.78 is 31.9. The molecule has 0 aliphatic heterocycles. The molecule has 0 saturated heterocycles. The monoisotopic (exact) mass is 311 g/mol. The maximum absolute atomic E-state index is 12.0. The lowest BCUT2D eigenvalue weighted by Crippen LogP contribution is -2.21. The fraction of sp³-hybridized carbons (Fsp3) is 0.182. The SMILES string of the molecule is CNS(=O)(=O)c1cc(N)ccc1-n1cnc(C(=O)OC)n1. The van der Waals surface area contributed by atoms with Gasteiger partial charge >= 0.3 is 5.97 Å². The predicted octanol–water partition coefficient (Wildman–Crippen LogP) is -0.456. The summed E-state index contributed by atoms with van der Waals surface area (Å²) in [7, 11) is -1.27. The van der Waals surface area contributed by atoms with Gasteiger partial charge in [-0.2, -0.15) is 0 Å². The normalized spacial score (nSPS) is 11.3. The van der Waals surface area contributed by atoms with Crippen molar-refractivity contribution in [3.63, 3.8) is 0 Å². The molecule has 1 heterocycles. The third-order valence-corrected chi connectivity index (χ3v) is 4.09. The molecule has 9 nitrogen and oxygen atoms in total. The van der Waals surface area contributed by atoms with Gasteiger partial charge in [0.2, 0.25) is 10.0 Å². The Morgan fingerprint density at radius 3 is 2.76 bits per heavy atom. The van der Waals surface area contributed by atoms with Crippen LogP contribution in [0.2, 0.25) is 0 Å². The third-order valence-electron chi connectivity index (χ3n) is 2.65. The number of carbonyl (C=O) groups excluding carboxylic acids is 1. The molecule has 0 amide bonds. The number of carbonyl (C=O) groups is 1. The molecular formula is C11H13N5O4S. The first kappa shape index (κ1) is 14.9. The van der Waals surface area contributed by atoms with Crippen LogP contribution in [0, 0.1) is 0 Å². The molecule has 0 spiro atoms. The first-order chi connectivity index (χ1) is 9.89. The van der Waals surface area contributed by atoms with Gasteiger partial charge in [0.1, 0.15) is 11.2 Å². The van der Waals surface area contributed by atoms with Crippen molar-refractivity contribution in [1.29, 1.82) is 0 Å². The zero-order chi connectivity index (χ0) is 15.6. The van der Waals surface area contributed by atoms with E-state index in [0.29, 0.717) is 0 Å². The summed E-state index contributed by atoms with van der Waals surface area (Å²) in [6.45, 7) is 0. The van der Waals surface area contributed by atoms with Gasteiger partial charge in [-0.3, -0.25) is 0 Å². The molecule has 112 valence electrons. The smallest absolute Gasteiger partial charge is 0.377 e. The summed E-state index contributed by atoms with van der Waals surface area (Å²) in [5.41, 5.74) is 6.11.